The van der Waals surface area contributed by atoms with E-state index in [2.05, 4.69) is 6.92 Å². The Bertz CT molecular complexity index is 683. The Hall–Kier alpha value is -1.81. The van der Waals surface area contributed by atoms with Gasteiger partial charge in [0.05, 0.1) is 17.2 Å². The lowest BCUT2D eigenvalue weighted by Crippen LogP contribution is -2.06. The fourth-order valence-electron chi connectivity index (χ4n) is 3.07. The van der Waals surface area contributed by atoms with Gasteiger partial charge in [-0.3, -0.25) is 0 Å². The van der Waals surface area contributed by atoms with Crippen LogP contribution in [0.5, 0.6) is 0 Å². The number of unbranched alkanes of at least 4 members (excludes halogenated alkanes) is 1. The Kier molecular flexibility index (Phi) is 4.37. The molecule has 0 aliphatic heterocycles. The number of fused-ring (bicyclic) bond motifs is 1. The fraction of sp³-hybridized carbons (Fsp3) is 0.471. The standard InChI is InChI=1S/C17H23NO3/c1-5-6-7-18-11(3)15(12(4)19)13-8-10(2)9-14(16(13)18)17(20)21/h8-9,12,19H,5-7H2,1-4H3,(H,20,21). The van der Waals surface area contributed by atoms with Crippen LogP contribution in [0.15, 0.2) is 12.1 Å². The number of hydrogen-bond acceptors (Lipinski definition) is 2. The van der Waals surface area contributed by atoms with E-state index in [1.807, 2.05) is 24.5 Å². The summed E-state index contributed by atoms with van der Waals surface area (Å²) in [6.07, 6.45) is 1.41. The lowest BCUT2D eigenvalue weighted by Gasteiger charge is -2.10. The van der Waals surface area contributed by atoms with E-state index in [1.54, 1.807) is 13.0 Å². The third-order valence-corrected chi connectivity index (χ3v) is 3.99. The average molecular weight is 289 g/mol. The normalized spacial score (nSPS) is 12.8. The van der Waals surface area contributed by atoms with E-state index < -0.39 is 12.1 Å². The van der Waals surface area contributed by atoms with Gasteiger partial charge in [0.1, 0.15) is 0 Å². The van der Waals surface area contributed by atoms with Gasteiger partial charge >= 0.3 is 5.97 Å². The van der Waals surface area contributed by atoms with Crippen molar-refractivity contribution in [3.63, 3.8) is 0 Å². The highest BCUT2D eigenvalue weighted by Gasteiger charge is 2.22. The third kappa shape index (κ3) is 2.68. The number of aliphatic hydroxyl groups is 1. The highest BCUT2D eigenvalue weighted by atomic mass is 16.4. The topological polar surface area (TPSA) is 62.5 Å². The molecule has 2 N–H and O–H groups in total. The summed E-state index contributed by atoms with van der Waals surface area (Å²) < 4.78 is 2.05. The Labute approximate surface area is 125 Å². The van der Waals surface area contributed by atoms with Crippen LogP contribution < -0.4 is 0 Å². The monoisotopic (exact) mass is 289 g/mol. The number of aromatic nitrogens is 1. The molecule has 4 nitrogen and oxygen atoms in total. The number of aliphatic hydroxyl groups excluding tert-OH is 1. The Morgan fingerprint density at radius 1 is 1.33 bits per heavy atom. The van der Waals surface area contributed by atoms with Crippen LogP contribution in [0.1, 0.15) is 60.0 Å². The SMILES string of the molecule is CCCCn1c(C)c(C(C)O)c2cc(C)cc(C(=O)O)c21. The van der Waals surface area contributed by atoms with E-state index in [1.165, 1.54) is 0 Å². The first-order valence-corrected chi connectivity index (χ1v) is 7.43. The number of hydrogen-bond donors (Lipinski definition) is 2. The summed E-state index contributed by atoms with van der Waals surface area (Å²) in [7, 11) is 0. The first-order chi connectivity index (χ1) is 9.88. The average Bonchev–Trinajstić information content (AvgIpc) is 2.67. The molecule has 114 valence electrons. The van der Waals surface area contributed by atoms with Crippen LogP contribution in [0.4, 0.5) is 0 Å². The van der Waals surface area contributed by atoms with Crippen molar-refractivity contribution in [2.24, 2.45) is 0 Å². The van der Waals surface area contributed by atoms with Crippen LogP contribution in [-0.2, 0) is 6.54 Å². The number of rotatable bonds is 5. The van der Waals surface area contributed by atoms with Gasteiger partial charge < -0.3 is 14.8 Å². The third-order valence-electron chi connectivity index (χ3n) is 3.99. The van der Waals surface area contributed by atoms with Crippen molar-refractivity contribution in [3.05, 3.63) is 34.5 Å². The van der Waals surface area contributed by atoms with Gasteiger partial charge in [0.15, 0.2) is 0 Å². The van der Waals surface area contributed by atoms with Crippen LogP contribution >= 0.6 is 0 Å². The highest BCUT2D eigenvalue weighted by molar-refractivity contribution is 6.04. The van der Waals surface area contributed by atoms with E-state index in [0.717, 1.165) is 47.1 Å². The van der Waals surface area contributed by atoms with E-state index in [0.29, 0.717) is 5.56 Å². The lowest BCUT2D eigenvalue weighted by atomic mass is 10.0. The number of carbonyl (C=O) groups is 1. The maximum Gasteiger partial charge on any atom is 0.337 e. The van der Waals surface area contributed by atoms with Crippen molar-refractivity contribution in [2.45, 2.75) is 53.2 Å². The Morgan fingerprint density at radius 3 is 2.52 bits per heavy atom. The molecular formula is C17H23NO3. The van der Waals surface area contributed by atoms with Crippen LogP contribution in [0.3, 0.4) is 0 Å². The largest absolute Gasteiger partial charge is 0.478 e. The van der Waals surface area contributed by atoms with Crippen LogP contribution in [0.2, 0.25) is 0 Å². The van der Waals surface area contributed by atoms with Crippen molar-refractivity contribution in [2.75, 3.05) is 0 Å². The predicted molar refractivity (Wildman–Crippen MR) is 83.9 cm³/mol. The fourth-order valence-corrected chi connectivity index (χ4v) is 3.07. The second kappa shape index (κ2) is 5.90. The first-order valence-electron chi connectivity index (χ1n) is 7.43. The second-order valence-corrected chi connectivity index (χ2v) is 5.69. The molecule has 0 aliphatic carbocycles. The number of carboxylic acids is 1. The zero-order chi connectivity index (χ0) is 15.7. The lowest BCUT2D eigenvalue weighted by molar-refractivity contribution is 0.0698. The molecule has 0 aliphatic rings. The second-order valence-electron chi connectivity index (χ2n) is 5.69. The van der Waals surface area contributed by atoms with Gasteiger partial charge in [-0.1, -0.05) is 13.3 Å². The number of aryl methyl sites for hydroxylation is 2. The predicted octanol–water partition coefficient (Wildman–Crippen LogP) is 3.81. The molecule has 1 heterocycles. The molecule has 0 saturated carbocycles. The molecule has 0 fully saturated rings. The molecule has 1 atom stereocenters. The highest BCUT2D eigenvalue weighted by Crippen LogP contribution is 2.34. The van der Waals surface area contributed by atoms with E-state index in [4.69, 9.17) is 0 Å². The smallest absolute Gasteiger partial charge is 0.337 e. The van der Waals surface area contributed by atoms with Gasteiger partial charge in [-0.05, 0) is 44.9 Å². The summed E-state index contributed by atoms with van der Waals surface area (Å²) >= 11 is 0. The van der Waals surface area contributed by atoms with E-state index >= 15 is 0 Å². The molecule has 0 spiro atoms. The molecule has 4 heteroatoms. The molecule has 1 aromatic heterocycles. The summed E-state index contributed by atoms with van der Waals surface area (Å²) in [4.78, 5) is 11.6. The van der Waals surface area contributed by atoms with Crippen molar-refractivity contribution in [1.82, 2.24) is 4.57 Å². The minimum atomic E-state index is -0.920. The minimum Gasteiger partial charge on any atom is -0.478 e. The van der Waals surface area contributed by atoms with Gasteiger partial charge in [0.25, 0.3) is 0 Å². The summed E-state index contributed by atoms with van der Waals surface area (Å²) in [5.74, 6) is -0.920. The van der Waals surface area contributed by atoms with E-state index in [9.17, 15) is 15.0 Å². The van der Waals surface area contributed by atoms with Crippen LogP contribution in [-0.4, -0.2) is 20.7 Å². The van der Waals surface area contributed by atoms with Gasteiger partial charge in [-0.2, -0.15) is 0 Å². The van der Waals surface area contributed by atoms with Gasteiger partial charge in [0.2, 0.25) is 0 Å². The van der Waals surface area contributed by atoms with Gasteiger partial charge in [-0.25, -0.2) is 4.79 Å². The quantitative estimate of drug-likeness (QED) is 0.879. The van der Waals surface area contributed by atoms with Gasteiger partial charge in [-0.15, -0.1) is 0 Å². The maximum absolute atomic E-state index is 11.6. The molecule has 0 bridgehead atoms. The molecule has 0 radical (unpaired) electrons. The van der Waals surface area contributed by atoms with Gasteiger partial charge in [0, 0.05) is 23.2 Å². The van der Waals surface area contributed by atoms with Crippen molar-refractivity contribution in [3.8, 4) is 0 Å². The van der Waals surface area contributed by atoms with Crippen LogP contribution in [0, 0.1) is 13.8 Å². The molecule has 2 rings (SSSR count). The Morgan fingerprint density at radius 2 is 2.00 bits per heavy atom. The first kappa shape index (κ1) is 15.6. The summed E-state index contributed by atoms with van der Waals surface area (Å²) in [6, 6.07) is 3.68. The summed E-state index contributed by atoms with van der Waals surface area (Å²) in [5, 5.41) is 20.5. The molecule has 1 aromatic carbocycles. The van der Waals surface area contributed by atoms with Crippen molar-refractivity contribution in [1.29, 1.82) is 0 Å². The summed E-state index contributed by atoms with van der Waals surface area (Å²) in [6.45, 7) is 8.46. The zero-order valence-corrected chi connectivity index (χ0v) is 13.1. The molecule has 0 saturated heterocycles. The number of nitrogens with zero attached hydrogens (tertiary/aromatic N) is 1. The Balaban J connectivity index is 2.87. The zero-order valence-electron chi connectivity index (χ0n) is 13.1. The maximum atomic E-state index is 11.6. The van der Waals surface area contributed by atoms with Crippen molar-refractivity contribution < 1.29 is 15.0 Å². The van der Waals surface area contributed by atoms with E-state index in [-0.39, 0.29) is 0 Å². The number of aromatic carboxylic acids is 1. The molecule has 0 amide bonds. The van der Waals surface area contributed by atoms with Crippen molar-refractivity contribution >= 4 is 16.9 Å². The minimum absolute atomic E-state index is 0.316. The molecule has 2 aromatic rings. The van der Waals surface area contributed by atoms with Crippen LogP contribution in [0.25, 0.3) is 10.9 Å². The molecule has 21 heavy (non-hydrogen) atoms. The summed E-state index contributed by atoms with van der Waals surface area (Å²) in [5.41, 5.74) is 3.74. The number of benzene rings is 1. The molecular weight excluding hydrogens is 266 g/mol. The number of carboxylic acid groups (broad SMARTS) is 1. The molecule has 1 unspecified atom stereocenters.